The molecule has 1 aliphatic rings. The Balaban J connectivity index is 2.00. The molecule has 0 radical (unpaired) electrons. The third kappa shape index (κ3) is 4.04. The number of nitrogens with zero attached hydrogens (tertiary/aromatic N) is 2. The van der Waals surface area contributed by atoms with Gasteiger partial charge in [-0.15, -0.1) is 0 Å². The van der Waals surface area contributed by atoms with Crippen LogP contribution in [0.1, 0.15) is 21.5 Å². The molecule has 2 rings (SSSR count). The van der Waals surface area contributed by atoms with E-state index in [4.69, 9.17) is 0 Å². The Hall–Kier alpha value is -1.88. The Morgan fingerprint density at radius 2 is 1.71 bits per heavy atom. The van der Waals surface area contributed by atoms with Crippen LogP contribution in [0.4, 0.5) is 0 Å². The van der Waals surface area contributed by atoms with Crippen molar-refractivity contribution in [3.05, 3.63) is 34.9 Å². The van der Waals surface area contributed by atoms with Crippen molar-refractivity contribution in [1.82, 2.24) is 15.1 Å². The summed E-state index contributed by atoms with van der Waals surface area (Å²) in [6.07, 6.45) is 0. The van der Waals surface area contributed by atoms with Crippen LogP contribution in [-0.4, -0.2) is 61.4 Å². The molecule has 1 aromatic carbocycles. The van der Waals surface area contributed by atoms with Gasteiger partial charge in [0, 0.05) is 38.8 Å². The molecule has 0 aromatic heterocycles. The van der Waals surface area contributed by atoms with E-state index in [1.54, 1.807) is 7.05 Å². The van der Waals surface area contributed by atoms with E-state index < -0.39 is 0 Å². The van der Waals surface area contributed by atoms with E-state index in [-0.39, 0.29) is 18.4 Å². The molecule has 1 aromatic rings. The van der Waals surface area contributed by atoms with E-state index >= 15 is 0 Å². The van der Waals surface area contributed by atoms with Crippen LogP contribution < -0.4 is 5.32 Å². The number of piperazine rings is 1. The van der Waals surface area contributed by atoms with E-state index in [9.17, 15) is 9.59 Å². The van der Waals surface area contributed by atoms with E-state index in [0.717, 1.165) is 24.2 Å². The zero-order valence-electron chi connectivity index (χ0n) is 13.0. The molecule has 0 aliphatic carbocycles. The smallest absolute Gasteiger partial charge is 0.254 e. The van der Waals surface area contributed by atoms with Gasteiger partial charge in [0.15, 0.2) is 0 Å². The van der Waals surface area contributed by atoms with Gasteiger partial charge in [0.2, 0.25) is 5.91 Å². The minimum Gasteiger partial charge on any atom is -0.339 e. The molecular formula is C16H23N3O2. The fourth-order valence-electron chi connectivity index (χ4n) is 2.61. The van der Waals surface area contributed by atoms with Crippen LogP contribution in [0.5, 0.6) is 0 Å². The number of benzene rings is 1. The Morgan fingerprint density at radius 3 is 2.29 bits per heavy atom. The van der Waals surface area contributed by atoms with Crippen molar-refractivity contribution in [3.63, 3.8) is 0 Å². The molecule has 1 N–H and O–H groups in total. The summed E-state index contributed by atoms with van der Waals surface area (Å²) in [5, 5.41) is 3.21. The second kappa shape index (κ2) is 6.72. The normalized spacial score (nSPS) is 14.9. The fourth-order valence-corrected chi connectivity index (χ4v) is 2.61. The molecule has 0 bridgehead atoms. The van der Waals surface area contributed by atoms with Crippen LogP contribution in [0.25, 0.3) is 0 Å². The van der Waals surface area contributed by atoms with Crippen molar-refractivity contribution in [1.29, 1.82) is 0 Å². The van der Waals surface area contributed by atoms with Gasteiger partial charge in [0.1, 0.15) is 0 Å². The highest BCUT2D eigenvalue weighted by Gasteiger charge is 2.20. The van der Waals surface area contributed by atoms with Crippen LogP contribution in [-0.2, 0) is 4.79 Å². The van der Waals surface area contributed by atoms with Gasteiger partial charge in [0.25, 0.3) is 5.91 Å². The van der Waals surface area contributed by atoms with Gasteiger partial charge in [-0.05, 0) is 26.0 Å². The summed E-state index contributed by atoms with van der Waals surface area (Å²) in [7, 11) is 1.68. The third-order valence-corrected chi connectivity index (χ3v) is 3.66. The lowest BCUT2D eigenvalue weighted by Gasteiger charge is -2.29. The van der Waals surface area contributed by atoms with Crippen LogP contribution in [0.15, 0.2) is 18.2 Å². The van der Waals surface area contributed by atoms with Crippen LogP contribution >= 0.6 is 0 Å². The summed E-state index contributed by atoms with van der Waals surface area (Å²) in [5.74, 6) is -0.0954. The van der Waals surface area contributed by atoms with E-state index in [1.807, 2.05) is 36.9 Å². The highest BCUT2D eigenvalue weighted by molar-refractivity contribution is 5.96. The zero-order chi connectivity index (χ0) is 15.4. The summed E-state index contributed by atoms with van der Waals surface area (Å²) in [4.78, 5) is 27.9. The highest BCUT2D eigenvalue weighted by atomic mass is 16.2. The van der Waals surface area contributed by atoms with Gasteiger partial charge in [0.05, 0.1) is 6.54 Å². The van der Waals surface area contributed by atoms with Gasteiger partial charge >= 0.3 is 0 Å². The number of hydrogen-bond donors (Lipinski definition) is 1. The average molecular weight is 289 g/mol. The number of hydrogen-bond acceptors (Lipinski definition) is 3. The molecule has 1 aliphatic heterocycles. The highest BCUT2D eigenvalue weighted by Crippen LogP contribution is 2.11. The third-order valence-electron chi connectivity index (χ3n) is 3.66. The summed E-state index contributed by atoms with van der Waals surface area (Å²) in [6.45, 7) is 7.13. The lowest BCUT2D eigenvalue weighted by atomic mass is 10.1. The van der Waals surface area contributed by atoms with E-state index in [1.165, 1.54) is 4.90 Å². The first-order valence-corrected chi connectivity index (χ1v) is 7.29. The van der Waals surface area contributed by atoms with Crippen molar-refractivity contribution in [2.45, 2.75) is 13.8 Å². The first kappa shape index (κ1) is 15.5. The van der Waals surface area contributed by atoms with Crippen molar-refractivity contribution < 1.29 is 9.59 Å². The van der Waals surface area contributed by atoms with E-state index in [2.05, 4.69) is 5.32 Å². The molecule has 114 valence electrons. The van der Waals surface area contributed by atoms with Crippen LogP contribution in [0, 0.1) is 13.8 Å². The van der Waals surface area contributed by atoms with E-state index in [0.29, 0.717) is 18.7 Å². The number of nitrogens with one attached hydrogen (secondary N) is 1. The SMILES string of the molecule is Cc1cc(C)cc(C(=O)N(C)CC(=O)N2CCNCC2)c1. The summed E-state index contributed by atoms with van der Waals surface area (Å²) < 4.78 is 0. The Labute approximate surface area is 125 Å². The molecule has 0 unspecified atom stereocenters. The molecule has 0 saturated carbocycles. The molecule has 1 fully saturated rings. The number of carbonyl (C=O) groups excluding carboxylic acids is 2. The average Bonchev–Trinajstić information content (AvgIpc) is 2.46. The van der Waals surface area contributed by atoms with Gasteiger partial charge in [-0.3, -0.25) is 9.59 Å². The molecule has 21 heavy (non-hydrogen) atoms. The summed E-state index contributed by atoms with van der Waals surface area (Å²) in [6, 6.07) is 5.75. The maximum absolute atomic E-state index is 12.4. The largest absolute Gasteiger partial charge is 0.339 e. The molecular weight excluding hydrogens is 266 g/mol. The lowest BCUT2D eigenvalue weighted by Crippen LogP contribution is -2.49. The van der Waals surface area contributed by atoms with Crippen molar-refractivity contribution in [2.75, 3.05) is 39.8 Å². The van der Waals surface area contributed by atoms with Crippen LogP contribution in [0.2, 0.25) is 0 Å². The maximum atomic E-state index is 12.4. The standard InChI is InChI=1S/C16H23N3O2/c1-12-8-13(2)10-14(9-12)16(21)18(3)11-15(20)19-6-4-17-5-7-19/h8-10,17H,4-7,11H2,1-3H3. The monoisotopic (exact) mass is 289 g/mol. The molecule has 5 nitrogen and oxygen atoms in total. The molecule has 2 amide bonds. The Kier molecular flexibility index (Phi) is 4.96. The van der Waals surface area contributed by atoms with Crippen molar-refractivity contribution >= 4 is 11.8 Å². The minimum absolute atomic E-state index is 0.0109. The van der Waals surface area contributed by atoms with Gasteiger partial charge in [-0.1, -0.05) is 17.2 Å². The molecule has 1 saturated heterocycles. The number of aryl methyl sites for hydroxylation is 2. The number of likely N-dealkylation sites (N-methyl/N-ethyl adjacent to an activating group) is 1. The maximum Gasteiger partial charge on any atom is 0.254 e. The Bertz CT molecular complexity index is 516. The van der Waals surface area contributed by atoms with Crippen LogP contribution in [0.3, 0.4) is 0 Å². The fraction of sp³-hybridized carbons (Fsp3) is 0.500. The Morgan fingerprint density at radius 1 is 1.14 bits per heavy atom. The first-order valence-electron chi connectivity index (χ1n) is 7.29. The molecule has 5 heteroatoms. The molecule has 0 spiro atoms. The number of amides is 2. The summed E-state index contributed by atoms with van der Waals surface area (Å²) >= 11 is 0. The lowest BCUT2D eigenvalue weighted by molar-refractivity contribution is -0.132. The molecule has 1 heterocycles. The van der Waals surface area contributed by atoms with Crippen molar-refractivity contribution in [3.8, 4) is 0 Å². The van der Waals surface area contributed by atoms with Gasteiger partial charge in [-0.2, -0.15) is 0 Å². The van der Waals surface area contributed by atoms with Crippen molar-refractivity contribution in [2.24, 2.45) is 0 Å². The summed E-state index contributed by atoms with van der Waals surface area (Å²) in [5.41, 5.74) is 2.75. The van der Waals surface area contributed by atoms with Gasteiger partial charge < -0.3 is 15.1 Å². The second-order valence-electron chi connectivity index (χ2n) is 5.67. The predicted octanol–water partition coefficient (Wildman–Crippen LogP) is 0.807. The molecule has 0 atom stereocenters. The van der Waals surface area contributed by atoms with Gasteiger partial charge in [-0.25, -0.2) is 0 Å². The second-order valence-corrected chi connectivity index (χ2v) is 5.67. The number of rotatable bonds is 3. The number of carbonyl (C=O) groups is 2. The topological polar surface area (TPSA) is 52.7 Å². The minimum atomic E-state index is -0.106. The first-order chi connectivity index (χ1) is 9.97. The predicted molar refractivity (Wildman–Crippen MR) is 82.3 cm³/mol. The zero-order valence-corrected chi connectivity index (χ0v) is 13.0. The quantitative estimate of drug-likeness (QED) is 0.896.